The second-order valence-electron chi connectivity index (χ2n) is 3.90. The van der Waals surface area contributed by atoms with Gasteiger partial charge in [0, 0.05) is 10.7 Å². The molecule has 0 aliphatic rings. The van der Waals surface area contributed by atoms with Crippen LogP contribution in [0, 0.1) is 11.3 Å². The first-order valence-corrected chi connectivity index (χ1v) is 6.40. The summed E-state index contributed by atoms with van der Waals surface area (Å²) in [7, 11) is 0. The van der Waals surface area contributed by atoms with Crippen molar-refractivity contribution in [2.24, 2.45) is 0 Å². The number of nitriles is 1. The van der Waals surface area contributed by atoms with Gasteiger partial charge in [-0.2, -0.15) is 5.26 Å². The van der Waals surface area contributed by atoms with Gasteiger partial charge in [-0.25, -0.2) is 9.78 Å². The van der Waals surface area contributed by atoms with Crippen LogP contribution in [0.15, 0.2) is 41.0 Å². The fourth-order valence-corrected chi connectivity index (χ4v) is 1.92. The topological polar surface area (TPSA) is 83.2 Å². The largest absolute Gasteiger partial charge is 0.488 e. The summed E-state index contributed by atoms with van der Waals surface area (Å²) < 4.78 is 6.24. The Hall–Kier alpha value is -2.39. The van der Waals surface area contributed by atoms with Crippen LogP contribution in [0.5, 0.6) is 5.75 Å². The third kappa shape index (κ3) is 3.33. The lowest BCUT2D eigenvalue weighted by Gasteiger charge is -2.09. The van der Waals surface area contributed by atoms with Gasteiger partial charge < -0.3 is 9.84 Å². The molecule has 6 heteroatoms. The smallest absolute Gasteiger partial charge is 0.339 e. The predicted molar refractivity (Wildman–Crippen MR) is 74.4 cm³/mol. The molecule has 0 spiro atoms. The molecule has 0 aliphatic heterocycles. The van der Waals surface area contributed by atoms with Crippen molar-refractivity contribution in [1.82, 2.24) is 4.98 Å². The van der Waals surface area contributed by atoms with E-state index in [2.05, 4.69) is 20.9 Å². The molecule has 2 rings (SSSR count). The van der Waals surface area contributed by atoms with Crippen LogP contribution >= 0.6 is 15.9 Å². The molecule has 1 aromatic carbocycles. The normalized spacial score (nSPS) is 9.80. The fourth-order valence-electron chi connectivity index (χ4n) is 1.58. The van der Waals surface area contributed by atoms with Crippen LogP contribution in [-0.2, 0) is 6.61 Å². The number of hydrogen-bond donors (Lipinski definition) is 1. The molecular weight excluding hydrogens is 324 g/mol. The van der Waals surface area contributed by atoms with Gasteiger partial charge in [0.05, 0.1) is 0 Å². The number of hydrogen-bond acceptors (Lipinski definition) is 4. The molecule has 0 fully saturated rings. The van der Waals surface area contributed by atoms with Gasteiger partial charge in [-0.15, -0.1) is 0 Å². The molecule has 5 nitrogen and oxygen atoms in total. The van der Waals surface area contributed by atoms with Gasteiger partial charge in [-0.3, -0.25) is 0 Å². The maximum Gasteiger partial charge on any atom is 0.339 e. The first-order chi connectivity index (χ1) is 9.60. The maximum absolute atomic E-state index is 11.1. The molecule has 0 saturated carbocycles. The predicted octanol–water partition coefficient (Wildman–Crippen LogP) is 2.99. The number of aromatic carboxylic acids is 1. The Morgan fingerprint density at radius 2 is 2.20 bits per heavy atom. The van der Waals surface area contributed by atoms with Gasteiger partial charge in [0.1, 0.15) is 29.7 Å². The minimum Gasteiger partial charge on any atom is -0.488 e. The summed E-state index contributed by atoms with van der Waals surface area (Å²) in [6.45, 7) is 0.161. The third-order valence-electron chi connectivity index (χ3n) is 2.51. The van der Waals surface area contributed by atoms with Gasteiger partial charge in [0.15, 0.2) is 0 Å². The van der Waals surface area contributed by atoms with E-state index in [4.69, 9.17) is 15.1 Å². The van der Waals surface area contributed by atoms with Gasteiger partial charge in [0.25, 0.3) is 0 Å². The van der Waals surface area contributed by atoms with E-state index in [9.17, 15) is 4.79 Å². The fraction of sp³-hybridized carbons (Fsp3) is 0.0714. The van der Waals surface area contributed by atoms with Crippen molar-refractivity contribution in [2.75, 3.05) is 0 Å². The molecule has 0 radical (unpaired) electrons. The van der Waals surface area contributed by atoms with E-state index in [-0.39, 0.29) is 17.9 Å². The van der Waals surface area contributed by atoms with E-state index in [0.717, 1.165) is 10.0 Å². The molecule has 1 aromatic heterocycles. The highest BCUT2D eigenvalue weighted by Gasteiger charge is 2.11. The van der Waals surface area contributed by atoms with Crippen LogP contribution in [0.2, 0.25) is 0 Å². The Bertz CT molecular complexity index is 695. The Labute approximate surface area is 123 Å². The number of carboxylic acids is 1. The summed E-state index contributed by atoms with van der Waals surface area (Å²) in [4.78, 5) is 15.0. The zero-order chi connectivity index (χ0) is 14.5. The summed E-state index contributed by atoms with van der Waals surface area (Å²) in [6.07, 6.45) is 1.51. The first-order valence-electron chi connectivity index (χ1n) is 5.61. The van der Waals surface area contributed by atoms with Crippen LogP contribution in [0.3, 0.4) is 0 Å². The molecule has 0 saturated heterocycles. The minimum atomic E-state index is -1.06. The second kappa shape index (κ2) is 6.17. The summed E-state index contributed by atoms with van der Waals surface area (Å²) >= 11 is 3.27. The van der Waals surface area contributed by atoms with Crippen molar-refractivity contribution in [1.29, 1.82) is 5.26 Å². The van der Waals surface area contributed by atoms with Gasteiger partial charge in [-0.05, 0) is 35.9 Å². The highest BCUT2D eigenvalue weighted by molar-refractivity contribution is 9.10. The number of rotatable bonds is 4. The number of carbonyl (C=O) groups is 1. The van der Waals surface area contributed by atoms with E-state index in [1.54, 1.807) is 24.3 Å². The SMILES string of the molecule is N#Cc1cc(COc2cc(Br)ccc2C(=O)O)ccn1. The van der Waals surface area contributed by atoms with Crippen molar-refractivity contribution in [3.63, 3.8) is 0 Å². The molecule has 0 amide bonds. The van der Waals surface area contributed by atoms with Gasteiger partial charge in [-0.1, -0.05) is 15.9 Å². The monoisotopic (exact) mass is 332 g/mol. The number of nitrogens with zero attached hydrogens (tertiary/aromatic N) is 2. The van der Waals surface area contributed by atoms with Gasteiger partial charge in [0.2, 0.25) is 0 Å². The van der Waals surface area contributed by atoms with E-state index in [0.29, 0.717) is 5.69 Å². The number of halogens is 1. The molecule has 0 unspecified atom stereocenters. The highest BCUT2D eigenvalue weighted by Crippen LogP contribution is 2.24. The number of benzene rings is 1. The third-order valence-corrected chi connectivity index (χ3v) is 3.00. The Morgan fingerprint density at radius 3 is 2.90 bits per heavy atom. The molecule has 0 atom stereocenters. The van der Waals surface area contributed by atoms with Crippen molar-refractivity contribution in [3.8, 4) is 11.8 Å². The standard InChI is InChI=1S/C14H9BrN2O3/c15-10-1-2-12(14(18)19)13(6-10)20-8-9-3-4-17-11(5-9)7-16/h1-6H,8H2,(H,18,19). The van der Waals surface area contributed by atoms with Crippen molar-refractivity contribution >= 4 is 21.9 Å². The zero-order valence-corrected chi connectivity index (χ0v) is 11.8. The summed E-state index contributed by atoms with van der Waals surface area (Å²) in [5.74, 6) is -0.790. The molecule has 20 heavy (non-hydrogen) atoms. The van der Waals surface area contributed by atoms with Crippen LogP contribution in [-0.4, -0.2) is 16.1 Å². The number of carboxylic acid groups (broad SMARTS) is 1. The van der Waals surface area contributed by atoms with Gasteiger partial charge >= 0.3 is 5.97 Å². The van der Waals surface area contributed by atoms with Crippen molar-refractivity contribution in [2.45, 2.75) is 6.61 Å². The molecule has 0 bridgehead atoms. The molecule has 100 valence electrons. The number of aromatic nitrogens is 1. The molecule has 0 aliphatic carbocycles. The Kier molecular flexibility index (Phi) is 4.33. The van der Waals surface area contributed by atoms with Crippen LogP contribution in [0.25, 0.3) is 0 Å². The van der Waals surface area contributed by atoms with Crippen LogP contribution in [0.4, 0.5) is 0 Å². The summed E-state index contributed by atoms with van der Waals surface area (Å²) in [5.41, 5.74) is 1.12. The van der Waals surface area contributed by atoms with Crippen LogP contribution < -0.4 is 4.74 Å². The molecular formula is C14H9BrN2O3. The molecule has 1 N–H and O–H groups in total. The lowest BCUT2D eigenvalue weighted by atomic mass is 10.2. The van der Waals surface area contributed by atoms with E-state index < -0.39 is 5.97 Å². The van der Waals surface area contributed by atoms with Crippen molar-refractivity contribution < 1.29 is 14.6 Å². The van der Waals surface area contributed by atoms with Crippen molar-refractivity contribution in [3.05, 3.63) is 57.8 Å². The summed E-state index contributed by atoms with van der Waals surface area (Å²) in [6, 6.07) is 9.94. The molecule has 1 heterocycles. The Balaban J connectivity index is 2.20. The number of ether oxygens (including phenoxy) is 1. The van der Waals surface area contributed by atoms with E-state index in [1.807, 2.05) is 6.07 Å². The average Bonchev–Trinajstić information content (AvgIpc) is 2.45. The lowest BCUT2D eigenvalue weighted by Crippen LogP contribution is -2.03. The lowest BCUT2D eigenvalue weighted by molar-refractivity contribution is 0.0691. The van der Waals surface area contributed by atoms with E-state index >= 15 is 0 Å². The number of pyridine rings is 1. The minimum absolute atomic E-state index is 0.0859. The quantitative estimate of drug-likeness (QED) is 0.930. The van der Waals surface area contributed by atoms with Crippen LogP contribution in [0.1, 0.15) is 21.6 Å². The highest BCUT2D eigenvalue weighted by atomic mass is 79.9. The zero-order valence-electron chi connectivity index (χ0n) is 10.2. The first kappa shape index (κ1) is 14.0. The average molecular weight is 333 g/mol. The summed E-state index contributed by atoms with van der Waals surface area (Å²) in [5, 5.41) is 17.9. The van der Waals surface area contributed by atoms with E-state index in [1.165, 1.54) is 12.3 Å². The molecule has 2 aromatic rings. The maximum atomic E-state index is 11.1. The second-order valence-corrected chi connectivity index (χ2v) is 4.81. The Morgan fingerprint density at radius 1 is 1.40 bits per heavy atom.